The van der Waals surface area contributed by atoms with Crippen LogP contribution in [0.3, 0.4) is 0 Å². The number of amides is 1. The van der Waals surface area contributed by atoms with E-state index in [1.165, 1.54) is 0 Å². The summed E-state index contributed by atoms with van der Waals surface area (Å²) in [4.78, 5) is 13.3. The van der Waals surface area contributed by atoms with Crippen molar-refractivity contribution in [1.82, 2.24) is 4.90 Å². The molecule has 15 heavy (non-hydrogen) atoms. The van der Waals surface area contributed by atoms with E-state index in [4.69, 9.17) is 5.73 Å². The van der Waals surface area contributed by atoms with Gasteiger partial charge >= 0.3 is 0 Å². The van der Waals surface area contributed by atoms with Crippen LogP contribution in [-0.4, -0.2) is 49.9 Å². The minimum Gasteiger partial charge on any atom is -0.339 e. The van der Waals surface area contributed by atoms with Crippen molar-refractivity contribution >= 4 is 15.7 Å². The van der Waals surface area contributed by atoms with E-state index in [1.807, 2.05) is 6.92 Å². The molecule has 6 heteroatoms. The maximum Gasteiger partial charge on any atom is 0.239 e. The molecule has 2 N–H and O–H groups in total. The van der Waals surface area contributed by atoms with Crippen LogP contribution in [0.1, 0.15) is 19.8 Å². The number of carbonyl (C=O) groups excluding carboxylic acids is 1. The van der Waals surface area contributed by atoms with Gasteiger partial charge in [-0.1, -0.05) is 13.3 Å². The molecule has 88 valence electrons. The van der Waals surface area contributed by atoms with Gasteiger partial charge in [-0.2, -0.15) is 0 Å². The lowest BCUT2D eigenvalue weighted by Crippen LogP contribution is -2.50. The Hall–Kier alpha value is -0.620. The lowest BCUT2D eigenvalue weighted by atomic mass is 10.1. The maximum atomic E-state index is 11.7. The summed E-state index contributed by atoms with van der Waals surface area (Å²) in [6, 6.07) is -0.476. The maximum absolute atomic E-state index is 11.7. The number of nitrogens with two attached hydrogens (primary N) is 1. The van der Waals surface area contributed by atoms with Gasteiger partial charge in [-0.15, -0.1) is 0 Å². The molecule has 0 aromatic carbocycles. The molecule has 1 aliphatic heterocycles. The second-order valence-electron chi connectivity index (χ2n) is 3.87. The van der Waals surface area contributed by atoms with Crippen LogP contribution >= 0.6 is 0 Å². The zero-order chi connectivity index (χ0) is 11.5. The number of nitrogens with zero attached hydrogens (tertiary/aromatic N) is 1. The molecule has 0 aromatic heterocycles. The first-order valence-corrected chi connectivity index (χ1v) is 7.03. The Morgan fingerprint density at radius 2 is 1.93 bits per heavy atom. The second kappa shape index (κ2) is 4.94. The highest BCUT2D eigenvalue weighted by atomic mass is 32.2. The highest BCUT2D eigenvalue weighted by Gasteiger charge is 2.27. The van der Waals surface area contributed by atoms with Crippen molar-refractivity contribution in [3.8, 4) is 0 Å². The molecule has 1 fully saturated rings. The van der Waals surface area contributed by atoms with Gasteiger partial charge in [0.2, 0.25) is 5.91 Å². The summed E-state index contributed by atoms with van der Waals surface area (Å²) in [6.07, 6.45) is 1.52. The van der Waals surface area contributed by atoms with E-state index in [0.717, 1.165) is 6.42 Å². The van der Waals surface area contributed by atoms with Gasteiger partial charge in [0, 0.05) is 13.1 Å². The first kappa shape index (κ1) is 12.4. The van der Waals surface area contributed by atoms with Crippen LogP contribution in [0.2, 0.25) is 0 Å². The van der Waals surface area contributed by atoms with E-state index < -0.39 is 15.9 Å². The number of hydrogen-bond acceptors (Lipinski definition) is 4. The molecular formula is C9H18N2O3S. The summed E-state index contributed by atoms with van der Waals surface area (Å²) in [5.74, 6) is 0.0153. The molecule has 0 saturated carbocycles. The van der Waals surface area contributed by atoms with Crippen LogP contribution in [0.4, 0.5) is 0 Å². The van der Waals surface area contributed by atoms with Gasteiger partial charge in [-0.3, -0.25) is 4.79 Å². The van der Waals surface area contributed by atoms with Gasteiger partial charge < -0.3 is 10.6 Å². The summed E-state index contributed by atoms with van der Waals surface area (Å²) in [5.41, 5.74) is 5.69. The Morgan fingerprint density at radius 1 is 1.40 bits per heavy atom. The largest absolute Gasteiger partial charge is 0.339 e. The molecule has 0 unspecified atom stereocenters. The highest BCUT2D eigenvalue weighted by molar-refractivity contribution is 7.91. The summed E-state index contributed by atoms with van der Waals surface area (Å²) < 4.78 is 22.3. The average molecular weight is 234 g/mol. The minimum absolute atomic E-state index is 0.0670. The average Bonchev–Trinajstić information content (AvgIpc) is 2.17. The van der Waals surface area contributed by atoms with Crippen LogP contribution in [0, 0.1) is 0 Å². The predicted molar refractivity (Wildman–Crippen MR) is 58.1 cm³/mol. The van der Waals surface area contributed by atoms with Crippen LogP contribution in [-0.2, 0) is 14.6 Å². The molecule has 0 bridgehead atoms. The molecule has 0 radical (unpaired) electrons. The van der Waals surface area contributed by atoms with Crippen molar-refractivity contribution in [1.29, 1.82) is 0 Å². The standard InChI is InChI=1S/C9H18N2O3S/c1-2-3-8(10)9(12)11-4-6-15(13,14)7-5-11/h8H,2-7,10H2,1H3/t8-/m1/s1. The number of carbonyl (C=O) groups is 1. The van der Waals surface area contributed by atoms with Crippen molar-refractivity contribution < 1.29 is 13.2 Å². The molecule has 1 aliphatic rings. The molecule has 1 heterocycles. The van der Waals surface area contributed by atoms with Crippen molar-refractivity contribution in [3.05, 3.63) is 0 Å². The quantitative estimate of drug-likeness (QED) is 0.705. The smallest absolute Gasteiger partial charge is 0.239 e. The molecule has 0 aromatic rings. The van der Waals surface area contributed by atoms with E-state index in [0.29, 0.717) is 19.5 Å². The van der Waals surface area contributed by atoms with E-state index in [-0.39, 0.29) is 17.4 Å². The lowest BCUT2D eigenvalue weighted by Gasteiger charge is -2.28. The number of rotatable bonds is 3. The van der Waals surface area contributed by atoms with Gasteiger partial charge in [0.15, 0.2) is 9.84 Å². The van der Waals surface area contributed by atoms with Crippen molar-refractivity contribution in [2.24, 2.45) is 5.73 Å². The van der Waals surface area contributed by atoms with Gasteiger partial charge in [-0.25, -0.2) is 8.42 Å². The topological polar surface area (TPSA) is 80.5 Å². The zero-order valence-corrected chi connectivity index (χ0v) is 9.79. The van der Waals surface area contributed by atoms with Gasteiger partial charge in [0.1, 0.15) is 0 Å². The summed E-state index contributed by atoms with van der Waals surface area (Å²) in [7, 11) is -2.92. The van der Waals surface area contributed by atoms with E-state index in [1.54, 1.807) is 4.90 Å². The van der Waals surface area contributed by atoms with Gasteiger partial charge in [0.05, 0.1) is 17.5 Å². The molecular weight excluding hydrogens is 216 g/mol. The van der Waals surface area contributed by atoms with Crippen molar-refractivity contribution in [3.63, 3.8) is 0 Å². The SMILES string of the molecule is CCC[C@@H](N)C(=O)N1CCS(=O)(=O)CC1. The fraction of sp³-hybridized carbons (Fsp3) is 0.889. The fourth-order valence-electron chi connectivity index (χ4n) is 1.60. The first-order chi connectivity index (χ1) is 6.96. The molecule has 1 amide bonds. The third-order valence-corrected chi connectivity index (χ3v) is 4.18. The summed E-state index contributed by atoms with van der Waals surface area (Å²) in [5, 5.41) is 0. The number of sulfone groups is 1. The minimum atomic E-state index is -2.92. The Morgan fingerprint density at radius 3 is 2.40 bits per heavy atom. The molecule has 1 atom stereocenters. The van der Waals surface area contributed by atoms with Crippen LogP contribution < -0.4 is 5.73 Å². The third-order valence-electron chi connectivity index (χ3n) is 2.57. The Labute approximate surface area is 90.5 Å². The summed E-state index contributed by atoms with van der Waals surface area (Å²) in [6.45, 7) is 2.55. The van der Waals surface area contributed by atoms with Crippen LogP contribution in [0.25, 0.3) is 0 Å². The molecule has 1 rings (SSSR count). The predicted octanol–water partition coefficient (Wildman–Crippen LogP) is -0.629. The lowest BCUT2D eigenvalue weighted by molar-refractivity contribution is -0.132. The Kier molecular flexibility index (Phi) is 4.10. The fourth-order valence-corrected chi connectivity index (χ4v) is 2.80. The van der Waals surface area contributed by atoms with E-state index in [2.05, 4.69) is 0 Å². The van der Waals surface area contributed by atoms with E-state index in [9.17, 15) is 13.2 Å². The summed E-state index contributed by atoms with van der Waals surface area (Å²) >= 11 is 0. The van der Waals surface area contributed by atoms with Gasteiger partial charge in [0.25, 0.3) is 0 Å². The first-order valence-electron chi connectivity index (χ1n) is 5.21. The monoisotopic (exact) mass is 234 g/mol. The Bertz CT molecular complexity index is 312. The molecule has 1 saturated heterocycles. The molecule has 5 nitrogen and oxygen atoms in total. The van der Waals surface area contributed by atoms with Gasteiger partial charge in [-0.05, 0) is 6.42 Å². The van der Waals surface area contributed by atoms with Crippen molar-refractivity contribution in [2.75, 3.05) is 24.6 Å². The second-order valence-corrected chi connectivity index (χ2v) is 6.18. The number of hydrogen-bond donors (Lipinski definition) is 1. The van der Waals surface area contributed by atoms with Crippen LogP contribution in [0.5, 0.6) is 0 Å². The third kappa shape index (κ3) is 3.46. The normalized spacial score (nSPS) is 22.4. The van der Waals surface area contributed by atoms with Crippen LogP contribution in [0.15, 0.2) is 0 Å². The highest BCUT2D eigenvalue weighted by Crippen LogP contribution is 2.07. The molecule has 0 spiro atoms. The zero-order valence-electron chi connectivity index (χ0n) is 8.98. The molecule has 0 aliphatic carbocycles. The van der Waals surface area contributed by atoms with Crippen molar-refractivity contribution in [2.45, 2.75) is 25.8 Å². The van der Waals surface area contributed by atoms with E-state index >= 15 is 0 Å². The Balaban J connectivity index is 2.49.